The molecule has 118 valence electrons. The van der Waals surface area contributed by atoms with Crippen molar-refractivity contribution >= 4 is 11.6 Å². The lowest BCUT2D eigenvalue weighted by molar-refractivity contribution is 0.0865. The maximum atomic E-state index is 12.2. The predicted molar refractivity (Wildman–Crippen MR) is 84.4 cm³/mol. The van der Waals surface area contributed by atoms with Crippen LogP contribution in [0.5, 0.6) is 5.75 Å². The molecule has 1 aromatic rings. The van der Waals surface area contributed by atoms with Gasteiger partial charge in [0.15, 0.2) is 5.75 Å². The molecular weight excluding hydrogens is 268 g/mol. The van der Waals surface area contributed by atoms with Gasteiger partial charge in [0.2, 0.25) is 0 Å². The normalized spacial score (nSPS) is 12.8. The summed E-state index contributed by atoms with van der Waals surface area (Å²) in [5.41, 5.74) is 6.66. The zero-order valence-electron chi connectivity index (χ0n) is 13.3. The molecule has 5 heteroatoms. The highest BCUT2D eigenvalue weighted by atomic mass is 16.5. The lowest BCUT2D eigenvalue weighted by atomic mass is 9.89. The number of amides is 1. The first-order valence-corrected chi connectivity index (χ1v) is 7.22. The van der Waals surface area contributed by atoms with Gasteiger partial charge in [-0.3, -0.25) is 4.79 Å². The molecule has 0 spiro atoms. The average molecular weight is 294 g/mol. The van der Waals surface area contributed by atoms with Crippen molar-refractivity contribution in [2.24, 2.45) is 5.41 Å². The Labute approximate surface area is 126 Å². The highest BCUT2D eigenvalue weighted by Crippen LogP contribution is 2.26. The van der Waals surface area contributed by atoms with Gasteiger partial charge >= 0.3 is 0 Å². The predicted octanol–water partition coefficient (Wildman–Crippen LogP) is 2.19. The zero-order valence-corrected chi connectivity index (χ0v) is 13.3. The van der Waals surface area contributed by atoms with Crippen LogP contribution in [0.2, 0.25) is 0 Å². The van der Waals surface area contributed by atoms with Crippen LogP contribution in [-0.4, -0.2) is 30.3 Å². The molecule has 1 aromatic carbocycles. The Bertz CT molecular complexity index is 481. The van der Waals surface area contributed by atoms with E-state index in [0.717, 1.165) is 0 Å². The van der Waals surface area contributed by atoms with Crippen molar-refractivity contribution in [3.63, 3.8) is 0 Å². The number of hydrogen-bond donors (Lipinski definition) is 3. The van der Waals surface area contributed by atoms with Crippen LogP contribution in [-0.2, 0) is 0 Å². The number of hydrogen-bond acceptors (Lipinski definition) is 4. The number of ether oxygens (including phenoxy) is 1. The van der Waals surface area contributed by atoms with Crippen LogP contribution < -0.4 is 15.8 Å². The van der Waals surface area contributed by atoms with Crippen molar-refractivity contribution in [1.29, 1.82) is 0 Å². The number of nitrogens with two attached hydrogens (primary N) is 1. The first kappa shape index (κ1) is 17.3. The SMILES string of the molecule is CCOc1c(N)cccc1C(=O)NCC(O)CC(C)(C)C. The molecule has 0 radical (unpaired) electrons. The van der Waals surface area contributed by atoms with E-state index in [9.17, 15) is 9.90 Å². The number of para-hydroxylation sites is 1. The van der Waals surface area contributed by atoms with Gasteiger partial charge < -0.3 is 20.9 Å². The lowest BCUT2D eigenvalue weighted by Crippen LogP contribution is -2.34. The summed E-state index contributed by atoms with van der Waals surface area (Å²) >= 11 is 0. The average Bonchev–Trinajstić information content (AvgIpc) is 2.36. The fraction of sp³-hybridized carbons (Fsp3) is 0.562. The molecule has 0 aliphatic heterocycles. The highest BCUT2D eigenvalue weighted by molar-refractivity contribution is 5.98. The number of aliphatic hydroxyl groups is 1. The zero-order chi connectivity index (χ0) is 16.0. The molecule has 4 N–H and O–H groups in total. The van der Waals surface area contributed by atoms with Gasteiger partial charge in [0.05, 0.1) is 24.0 Å². The first-order chi connectivity index (χ1) is 9.74. The van der Waals surface area contributed by atoms with Crippen molar-refractivity contribution in [3.05, 3.63) is 23.8 Å². The smallest absolute Gasteiger partial charge is 0.255 e. The van der Waals surface area contributed by atoms with Gasteiger partial charge in [-0.05, 0) is 30.9 Å². The van der Waals surface area contributed by atoms with Crippen molar-refractivity contribution in [3.8, 4) is 5.75 Å². The van der Waals surface area contributed by atoms with Crippen LogP contribution in [0.25, 0.3) is 0 Å². The molecule has 0 fully saturated rings. The van der Waals surface area contributed by atoms with Gasteiger partial charge in [0.25, 0.3) is 5.91 Å². The van der Waals surface area contributed by atoms with Gasteiger partial charge in [-0.1, -0.05) is 26.8 Å². The highest BCUT2D eigenvalue weighted by Gasteiger charge is 2.19. The molecule has 0 bridgehead atoms. The molecule has 1 amide bonds. The monoisotopic (exact) mass is 294 g/mol. The minimum atomic E-state index is -0.578. The summed E-state index contributed by atoms with van der Waals surface area (Å²) in [6.07, 6.45) is 0.0354. The minimum absolute atomic E-state index is 0.0117. The molecule has 0 aromatic heterocycles. The third kappa shape index (κ3) is 5.63. The summed E-state index contributed by atoms with van der Waals surface area (Å²) < 4.78 is 5.43. The number of aliphatic hydroxyl groups excluding tert-OH is 1. The van der Waals surface area contributed by atoms with E-state index in [1.54, 1.807) is 18.2 Å². The third-order valence-electron chi connectivity index (χ3n) is 2.93. The Kier molecular flexibility index (Phi) is 6.03. The third-order valence-corrected chi connectivity index (χ3v) is 2.93. The summed E-state index contributed by atoms with van der Waals surface area (Å²) in [6, 6.07) is 5.06. The van der Waals surface area contributed by atoms with E-state index >= 15 is 0 Å². The Morgan fingerprint density at radius 2 is 2.10 bits per heavy atom. The van der Waals surface area contributed by atoms with Gasteiger partial charge in [0, 0.05) is 6.54 Å². The van der Waals surface area contributed by atoms with Gasteiger partial charge in [-0.15, -0.1) is 0 Å². The standard InChI is InChI=1S/C16H26N2O3/c1-5-21-14-12(7-6-8-13(14)17)15(20)18-10-11(19)9-16(2,3)4/h6-8,11,19H,5,9-10,17H2,1-4H3,(H,18,20). The summed E-state index contributed by atoms with van der Waals surface area (Å²) in [6.45, 7) is 8.61. The van der Waals surface area contributed by atoms with E-state index in [-0.39, 0.29) is 17.9 Å². The van der Waals surface area contributed by atoms with Crippen LogP contribution in [0, 0.1) is 5.41 Å². The number of nitrogens with one attached hydrogen (secondary N) is 1. The van der Waals surface area contributed by atoms with E-state index in [1.165, 1.54) is 0 Å². The maximum Gasteiger partial charge on any atom is 0.255 e. The fourth-order valence-electron chi connectivity index (χ4n) is 2.12. The van der Waals surface area contributed by atoms with E-state index < -0.39 is 6.10 Å². The quantitative estimate of drug-likeness (QED) is 0.702. The fourth-order valence-corrected chi connectivity index (χ4v) is 2.12. The van der Waals surface area contributed by atoms with Crippen LogP contribution in [0.1, 0.15) is 44.5 Å². The molecule has 0 aliphatic carbocycles. The summed E-state index contributed by atoms with van der Waals surface area (Å²) in [5, 5.41) is 12.7. The maximum absolute atomic E-state index is 12.2. The Hall–Kier alpha value is -1.75. The van der Waals surface area contributed by atoms with E-state index in [4.69, 9.17) is 10.5 Å². The van der Waals surface area contributed by atoms with E-state index in [0.29, 0.717) is 30.0 Å². The molecule has 0 saturated heterocycles. The van der Waals surface area contributed by atoms with Crippen LogP contribution in [0.15, 0.2) is 18.2 Å². The topological polar surface area (TPSA) is 84.6 Å². The number of benzene rings is 1. The molecule has 1 rings (SSSR count). The molecular formula is C16H26N2O3. The molecule has 0 aliphatic rings. The van der Waals surface area contributed by atoms with Crippen molar-refractivity contribution in [2.75, 3.05) is 18.9 Å². The Morgan fingerprint density at radius 3 is 2.67 bits per heavy atom. The molecule has 5 nitrogen and oxygen atoms in total. The van der Waals surface area contributed by atoms with Gasteiger partial charge in [0.1, 0.15) is 0 Å². The molecule has 0 heterocycles. The van der Waals surface area contributed by atoms with Crippen molar-refractivity contribution < 1.29 is 14.6 Å². The first-order valence-electron chi connectivity index (χ1n) is 7.22. The summed E-state index contributed by atoms with van der Waals surface area (Å²) in [7, 11) is 0. The summed E-state index contributed by atoms with van der Waals surface area (Å²) in [5.74, 6) is 0.0986. The van der Waals surface area contributed by atoms with Gasteiger partial charge in [-0.25, -0.2) is 0 Å². The van der Waals surface area contributed by atoms with E-state index in [2.05, 4.69) is 5.32 Å². The molecule has 1 unspecified atom stereocenters. The van der Waals surface area contributed by atoms with Crippen LogP contribution in [0.4, 0.5) is 5.69 Å². The number of nitrogen functional groups attached to an aromatic ring is 1. The Balaban J connectivity index is 2.70. The second-order valence-electron chi connectivity index (χ2n) is 6.29. The Morgan fingerprint density at radius 1 is 1.43 bits per heavy atom. The number of rotatable bonds is 6. The number of carbonyl (C=O) groups is 1. The second kappa shape index (κ2) is 7.31. The molecule has 1 atom stereocenters. The van der Waals surface area contributed by atoms with Crippen molar-refractivity contribution in [2.45, 2.75) is 40.2 Å². The summed E-state index contributed by atoms with van der Waals surface area (Å²) in [4.78, 5) is 12.2. The largest absolute Gasteiger partial charge is 0.491 e. The van der Waals surface area contributed by atoms with Gasteiger partial charge in [-0.2, -0.15) is 0 Å². The minimum Gasteiger partial charge on any atom is -0.491 e. The number of carbonyl (C=O) groups excluding carboxylic acids is 1. The lowest BCUT2D eigenvalue weighted by Gasteiger charge is -2.22. The molecule has 21 heavy (non-hydrogen) atoms. The second-order valence-corrected chi connectivity index (χ2v) is 6.29. The van der Waals surface area contributed by atoms with Crippen LogP contribution >= 0.6 is 0 Å². The van der Waals surface area contributed by atoms with E-state index in [1.807, 2.05) is 27.7 Å². The van der Waals surface area contributed by atoms with Crippen LogP contribution in [0.3, 0.4) is 0 Å². The molecule has 0 saturated carbocycles. The van der Waals surface area contributed by atoms with Crippen molar-refractivity contribution in [1.82, 2.24) is 5.32 Å². The number of anilines is 1.